The number of rotatable bonds is 5. The summed E-state index contributed by atoms with van der Waals surface area (Å²) in [6, 6.07) is 9.37. The van der Waals surface area contributed by atoms with Crippen LogP contribution in [-0.4, -0.2) is 53.5 Å². The molecule has 0 spiro atoms. The zero-order chi connectivity index (χ0) is 18.0. The number of carbonyl (C=O) groups is 2. The predicted molar refractivity (Wildman–Crippen MR) is 90.7 cm³/mol. The maximum Gasteiger partial charge on any atom is 0.316 e. The minimum Gasteiger partial charge on any atom is -0.462 e. The van der Waals surface area contributed by atoms with Gasteiger partial charge in [0, 0.05) is 32.2 Å². The molecule has 6 nitrogen and oxygen atoms in total. The predicted octanol–water partition coefficient (Wildman–Crippen LogP) is 1.82. The number of ether oxygens (including phenoxy) is 2. The maximum absolute atomic E-state index is 12.6. The van der Waals surface area contributed by atoms with Crippen LogP contribution in [0.2, 0.25) is 0 Å². The van der Waals surface area contributed by atoms with E-state index in [9.17, 15) is 14.7 Å². The van der Waals surface area contributed by atoms with Crippen molar-refractivity contribution in [2.45, 2.75) is 56.4 Å². The molecular formula is C19H25NO5. The van der Waals surface area contributed by atoms with Crippen LogP contribution in [0.1, 0.15) is 44.1 Å². The molecule has 0 radical (unpaired) electrons. The van der Waals surface area contributed by atoms with Crippen LogP contribution < -0.4 is 0 Å². The molecule has 2 aliphatic rings. The van der Waals surface area contributed by atoms with E-state index in [0.717, 1.165) is 24.8 Å². The highest BCUT2D eigenvalue weighted by Gasteiger charge is 2.53. The molecule has 2 heterocycles. The third kappa shape index (κ3) is 3.55. The van der Waals surface area contributed by atoms with Crippen molar-refractivity contribution in [1.29, 1.82) is 0 Å². The van der Waals surface area contributed by atoms with Crippen molar-refractivity contribution in [2.24, 2.45) is 0 Å². The molecule has 25 heavy (non-hydrogen) atoms. The van der Waals surface area contributed by atoms with Crippen LogP contribution in [0.4, 0.5) is 0 Å². The Bertz CT molecular complexity index is 634. The monoisotopic (exact) mass is 347 g/mol. The highest BCUT2D eigenvalue weighted by atomic mass is 16.6. The molecule has 1 aromatic rings. The van der Waals surface area contributed by atoms with E-state index >= 15 is 0 Å². The number of esters is 2. The minimum atomic E-state index is -0.691. The Morgan fingerprint density at radius 2 is 2.08 bits per heavy atom. The lowest BCUT2D eigenvalue weighted by Gasteiger charge is -2.44. The average Bonchev–Trinajstić information content (AvgIpc) is 2.75. The summed E-state index contributed by atoms with van der Waals surface area (Å²) in [5.74, 6) is -1.44. The Labute approximate surface area is 147 Å². The van der Waals surface area contributed by atoms with Gasteiger partial charge in [0.05, 0.1) is 6.61 Å². The Morgan fingerprint density at radius 3 is 2.72 bits per heavy atom. The van der Waals surface area contributed by atoms with Crippen molar-refractivity contribution >= 4 is 11.9 Å². The van der Waals surface area contributed by atoms with E-state index in [2.05, 4.69) is 4.90 Å². The van der Waals surface area contributed by atoms with E-state index in [0.29, 0.717) is 6.42 Å². The fraction of sp³-hybridized carbons (Fsp3) is 0.579. The number of piperidine rings is 1. The summed E-state index contributed by atoms with van der Waals surface area (Å²) in [6.45, 7) is 1.11. The summed E-state index contributed by atoms with van der Waals surface area (Å²) in [7, 11) is 1.96. The molecule has 0 aromatic heterocycles. The van der Waals surface area contributed by atoms with E-state index in [1.807, 2.05) is 25.2 Å². The fourth-order valence-electron chi connectivity index (χ4n) is 4.13. The highest BCUT2D eigenvalue weighted by molar-refractivity contribution is 5.78. The third-order valence-corrected chi connectivity index (χ3v) is 5.43. The first-order chi connectivity index (χ1) is 11.9. The van der Waals surface area contributed by atoms with Crippen LogP contribution in [0, 0.1) is 0 Å². The standard InChI is InChI=1S/C19H25NO5/c1-13(22)25-19-9-8-15(20(19)2)10-16(11-19)24-18(23)17(12-21)14-6-4-3-5-7-14/h3-7,15-17,21H,8-12H2,1-2H3/t15?,16?,17-,19?/m1/s1. The number of hydrogen-bond donors (Lipinski definition) is 1. The molecular weight excluding hydrogens is 322 g/mol. The lowest BCUT2D eigenvalue weighted by Crippen LogP contribution is -2.55. The number of fused-ring (bicyclic) bond motifs is 2. The van der Waals surface area contributed by atoms with Gasteiger partial charge in [-0.15, -0.1) is 0 Å². The normalized spacial score (nSPS) is 29.9. The summed E-state index contributed by atoms with van der Waals surface area (Å²) in [4.78, 5) is 26.2. The Hall–Kier alpha value is -1.92. The van der Waals surface area contributed by atoms with Crippen LogP contribution in [0.15, 0.2) is 30.3 Å². The summed E-state index contributed by atoms with van der Waals surface area (Å²) in [5.41, 5.74) is 0.0573. The summed E-state index contributed by atoms with van der Waals surface area (Å²) in [5, 5.41) is 9.63. The molecule has 6 heteroatoms. The van der Waals surface area contributed by atoms with Crippen molar-refractivity contribution in [3.63, 3.8) is 0 Å². The van der Waals surface area contributed by atoms with E-state index in [4.69, 9.17) is 9.47 Å². The van der Waals surface area contributed by atoms with Gasteiger partial charge in [0.1, 0.15) is 12.0 Å². The fourth-order valence-corrected chi connectivity index (χ4v) is 4.13. The van der Waals surface area contributed by atoms with Gasteiger partial charge in [-0.3, -0.25) is 14.5 Å². The molecule has 2 saturated heterocycles. The quantitative estimate of drug-likeness (QED) is 0.819. The number of benzene rings is 1. The van der Waals surface area contributed by atoms with Crippen LogP contribution in [-0.2, 0) is 19.1 Å². The molecule has 136 valence electrons. The van der Waals surface area contributed by atoms with Crippen LogP contribution in [0.5, 0.6) is 0 Å². The van der Waals surface area contributed by atoms with E-state index in [1.165, 1.54) is 6.92 Å². The summed E-state index contributed by atoms with van der Waals surface area (Å²) < 4.78 is 11.3. The van der Waals surface area contributed by atoms with E-state index < -0.39 is 17.6 Å². The molecule has 0 saturated carbocycles. The number of hydrogen-bond acceptors (Lipinski definition) is 6. The Kier molecular flexibility index (Phi) is 5.11. The first-order valence-electron chi connectivity index (χ1n) is 8.74. The molecule has 1 aromatic carbocycles. The summed E-state index contributed by atoms with van der Waals surface area (Å²) >= 11 is 0. The second-order valence-corrected chi connectivity index (χ2v) is 6.99. The zero-order valence-electron chi connectivity index (χ0n) is 14.7. The molecule has 0 amide bonds. The lowest BCUT2D eigenvalue weighted by atomic mass is 9.96. The molecule has 3 rings (SSSR count). The van der Waals surface area contributed by atoms with Gasteiger partial charge in [-0.2, -0.15) is 0 Å². The van der Waals surface area contributed by atoms with Crippen molar-refractivity contribution < 1.29 is 24.2 Å². The van der Waals surface area contributed by atoms with Gasteiger partial charge < -0.3 is 14.6 Å². The molecule has 2 aliphatic heterocycles. The van der Waals surface area contributed by atoms with Crippen molar-refractivity contribution in [2.75, 3.05) is 13.7 Å². The second-order valence-electron chi connectivity index (χ2n) is 6.99. The van der Waals surface area contributed by atoms with Crippen molar-refractivity contribution in [3.05, 3.63) is 35.9 Å². The molecule has 0 aliphatic carbocycles. The average molecular weight is 347 g/mol. The van der Waals surface area contributed by atoms with Gasteiger partial charge in [-0.1, -0.05) is 30.3 Å². The molecule has 4 atom stereocenters. The van der Waals surface area contributed by atoms with Gasteiger partial charge in [0.2, 0.25) is 0 Å². The summed E-state index contributed by atoms with van der Waals surface area (Å²) in [6.07, 6.45) is 2.55. The maximum atomic E-state index is 12.6. The lowest BCUT2D eigenvalue weighted by molar-refractivity contribution is -0.197. The van der Waals surface area contributed by atoms with Gasteiger partial charge in [-0.05, 0) is 19.0 Å². The number of aliphatic hydroxyl groups excluding tert-OH is 1. The van der Waals surface area contributed by atoms with E-state index in [-0.39, 0.29) is 24.7 Å². The van der Waals surface area contributed by atoms with Gasteiger partial charge in [-0.25, -0.2) is 0 Å². The SMILES string of the molecule is CC(=O)OC12CCC(CC(OC(=O)[C@H](CO)c3ccccc3)C1)N2C. The topological polar surface area (TPSA) is 76.1 Å². The highest BCUT2D eigenvalue weighted by Crippen LogP contribution is 2.45. The van der Waals surface area contributed by atoms with Crippen LogP contribution >= 0.6 is 0 Å². The first-order valence-corrected chi connectivity index (χ1v) is 8.74. The van der Waals surface area contributed by atoms with Crippen molar-refractivity contribution in [1.82, 2.24) is 4.90 Å². The van der Waals surface area contributed by atoms with Crippen molar-refractivity contribution in [3.8, 4) is 0 Å². The third-order valence-electron chi connectivity index (χ3n) is 5.43. The number of aliphatic hydroxyl groups is 1. The Balaban J connectivity index is 1.70. The largest absolute Gasteiger partial charge is 0.462 e. The molecule has 2 bridgehead atoms. The molecule has 2 fully saturated rings. The molecule has 3 unspecified atom stereocenters. The second kappa shape index (κ2) is 7.14. The van der Waals surface area contributed by atoms with Crippen LogP contribution in [0.25, 0.3) is 0 Å². The molecule has 1 N–H and O–H groups in total. The zero-order valence-corrected chi connectivity index (χ0v) is 14.7. The smallest absolute Gasteiger partial charge is 0.316 e. The minimum absolute atomic E-state index is 0.232. The number of carbonyl (C=O) groups excluding carboxylic acids is 2. The Morgan fingerprint density at radius 1 is 1.36 bits per heavy atom. The van der Waals surface area contributed by atoms with Gasteiger partial charge >= 0.3 is 11.9 Å². The van der Waals surface area contributed by atoms with E-state index in [1.54, 1.807) is 12.1 Å². The van der Waals surface area contributed by atoms with Crippen LogP contribution in [0.3, 0.4) is 0 Å². The number of nitrogens with zero attached hydrogens (tertiary/aromatic N) is 1. The van der Waals surface area contributed by atoms with Gasteiger partial charge in [0.15, 0.2) is 5.72 Å². The van der Waals surface area contributed by atoms with Gasteiger partial charge in [0.25, 0.3) is 0 Å². The first kappa shape index (κ1) is 17.9.